The second-order valence-electron chi connectivity index (χ2n) is 5.43. The summed E-state index contributed by atoms with van der Waals surface area (Å²) in [4.78, 5) is 21.9. The largest absolute Gasteiger partial charge is 0.350 e. The van der Waals surface area contributed by atoms with E-state index in [1.165, 1.54) is 31.2 Å². The van der Waals surface area contributed by atoms with Gasteiger partial charge in [-0.1, -0.05) is 30.3 Å². The minimum Gasteiger partial charge on any atom is -0.350 e. The Morgan fingerprint density at radius 2 is 1.67 bits per heavy atom. The van der Waals surface area contributed by atoms with Crippen molar-refractivity contribution in [2.24, 2.45) is 10.8 Å². The second-order valence-corrected chi connectivity index (χ2v) is 7.20. The number of urea groups is 1. The quantitative estimate of drug-likeness (QED) is 0.414. The molecule has 0 radical (unpaired) electrons. The molecule has 0 saturated carbocycles. The molecule has 9 nitrogen and oxygen atoms in total. The standard InChI is InChI=1S/C17H19N5O4S/c1-12(23)20-14-7-9-15(10-8-14)27(25,26)19-11-16(21-22-17(18)24)13-5-3-2-4-6-13/h2-10,19H,11H2,1H3,(H,20,23)(H3,18,22,24). The Balaban J connectivity index is 2.16. The average molecular weight is 389 g/mol. The van der Waals surface area contributed by atoms with E-state index in [0.717, 1.165) is 0 Å². The van der Waals surface area contributed by atoms with E-state index in [1.807, 2.05) is 0 Å². The number of anilines is 1. The molecule has 3 amide bonds. The van der Waals surface area contributed by atoms with Crippen LogP contribution in [0.15, 0.2) is 64.6 Å². The van der Waals surface area contributed by atoms with Crippen LogP contribution < -0.4 is 21.2 Å². The molecule has 0 atom stereocenters. The summed E-state index contributed by atoms with van der Waals surface area (Å²) in [6.45, 7) is 1.19. The first-order valence-corrected chi connectivity index (χ1v) is 9.31. The fourth-order valence-corrected chi connectivity index (χ4v) is 3.11. The van der Waals surface area contributed by atoms with Gasteiger partial charge in [0.15, 0.2) is 0 Å². The molecule has 0 saturated heterocycles. The van der Waals surface area contributed by atoms with E-state index in [0.29, 0.717) is 11.3 Å². The van der Waals surface area contributed by atoms with E-state index in [1.54, 1.807) is 30.3 Å². The lowest BCUT2D eigenvalue weighted by atomic mass is 10.1. The Bertz CT molecular complexity index is 941. The smallest absolute Gasteiger partial charge is 0.332 e. The summed E-state index contributed by atoms with van der Waals surface area (Å²) < 4.78 is 27.4. The molecule has 0 aliphatic carbocycles. The van der Waals surface area contributed by atoms with Crippen molar-refractivity contribution in [3.8, 4) is 0 Å². The fourth-order valence-electron chi connectivity index (χ4n) is 2.13. The van der Waals surface area contributed by atoms with Crippen LogP contribution in [0, 0.1) is 0 Å². The molecular weight excluding hydrogens is 370 g/mol. The van der Waals surface area contributed by atoms with Gasteiger partial charge in [0, 0.05) is 12.6 Å². The van der Waals surface area contributed by atoms with Crippen LogP contribution in [0.3, 0.4) is 0 Å². The SMILES string of the molecule is CC(=O)Nc1ccc(S(=O)(=O)NCC(=NNC(N)=O)c2ccccc2)cc1. The van der Waals surface area contributed by atoms with Crippen LogP contribution >= 0.6 is 0 Å². The third-order valence-electron chi connectivity index (χ3n) is 3.32. The highest BCUT2D eigenvalue weighted by Gasteiger charge is 2.16. The summed E-state index contributed by atoms with van der Waals surface area (Å²) in [6.07, 6.45) is 0. The summed E-state index contributed by atoms with van der Waals surface area (Å²) in [5.74, 6) is -0.255. The predicted octanol–water partition coefficient (Wildman–Crippen LogP) is 0.996. The van der Waals surface area contributed by atoms with E-state index in [9.17, 15) is 18.0 Å². The maximum absolute atomic E-state index is 12.5. The van der Waals surface area contributed by atoms with Crippen molar-refractivity contribution in [3.05, 3.63) is 60.2 Å². The summed E-state index contributed by atoms with van der Waals surface area (Å²) >= 11 is 0. The molecule has 0 aromatic heterocycles. The van der Waals surface area contributed by atoms with Gasteiger partial charge in [0.2, 0.25) is 15.9 Å². The summed E-state index contributed by atoms with van der Waals surface area (Å²) in [7, 11) is -3.83. The third kappa shape index (κ3) is 6.20. The number of rotatable bonds is 7. The highest BCUT2D eigenvalue weighted by molar-refractivity contribution is 7.89. The van der Waals surface area contributed by atoms with E-state index < -0.39 is 16.1 Å². The molecule has 0 aliphatic rings. The maximum Gasteiger partial charge on any atom is 0.332 e. The Hall–Kier alpha value is -3.24. The highest BCUT2D eigenvalue weighted by atomic mass is 32.2. The zero-order valence-electron chi connectivity index (χ0n) is 14.5. The van der Waals surface area contributed by atoms with Crippen molar-refractivity contribution in [1.82, 2.24) is 10.1 Å². The molecule has 2 aromatic rings. The Morgan fingerprint density at radius 3 is 2.22 bits per heavy atom. The lowest BCUT2D eigenvalue weighted by Crippen LogP contribution is -2.33. The van der Waals surface area contributed by atoms with Crippen LogP contribution in [-0.2, 0) is 14.8 Å². The highest BCUT2D eigenvalue weighted by Crippen LogP contribution is 2.14. The van der Waals surface area contributed by atoms with Gasteiger partial charge in [-0.3, -0.25) is 4.79 Å². The van der Waals surface area contributed by atoms with Crippen molar-refractivity contribution in [1.29, 1.82) is 0 Å². The average Bonchev–Trinajstić information content (AvgIpc) is 2.62. The van der Waals surface area contributed by atoms with E-state index in [-0.39, 0.29) is 23.1 Å². The van der Waals surface area contributed by atoms with Crippen molar-refractivity contribution >= 4 is 33.4 Å². The first kappa shape index (κ1) is 20.1. The molecule has 0 fully saturated rings. The number of hydrogen-bond acceptors (Lipinski definition) is 5. The van der Waals surface area contributed by atoms with Crippen LogP contribution in [0.4, 0.5) is 10.5 Å². The number of benzene rings is 2. The second kappa shape index (κ2) is 8.92. The number of amides is 3. The van der Waals surface area contributed by atoms with Crippen molar-refractivity contribution < 1.29 is 18.0 Å². The van der Waals surface area contributed by atoms with Gasteiger partial charge in [-0.15, -0.1) is 0 Å². The molecule has 5 N–H and O–H groups in total. The Morgan fingerprint density at radius 1 is 1.04 bits per heavy atom. The summed E-state index contributed by atoms with van der Waals surface area (Å²) in [5.41, 5.74) is 8.50. The molecule has 142 valence electrons. The van der Waals surface area contributed by atoms with Gasteiger partial charge < -0.3 is 11.1 Å². The fraction of sp³-hybridized carbons (Fsp3) is 0.118. The molecular formula is C17H19N5O4S. The topological polar surface area (TPSA) is 143 Å². The molecule has 0 spiro atoms. The number of carbonyl (C=O) groups is 2. The van der Waals surface area contributed by atoms with Gasteiger partial charge in [-0.05, 0) is 29.8 Å². The lowest BCUT2D eigenvalue weighted by Gasteiger charge is -2.10. The molecule has 2 rings (SSSR count). The molecule has 10 heteroatoms. The number of nitrogens with one attached hydrogen (secondary N) is 3. The van der Waals surface area contributed by atoms with Gasteiger partial charge in [0.05, 0.1) is 17.2 Å². The summed E-state index contributed by atoms with van der Waals surface area (Å²) in [5, 5.41) is 6.41. The normalized spacial score (nSPS) is 11.7. The minimum absolute atomic E-state index is 0.0203. The third-order valence-corrected chi connectivity index (χ3v) is 4.74. The predicted molar refractivity (Wildman–Crippen MR) is 102 cm³/mol. The number of nitrogens with two attached hydrogens (primary N) is 1. The van der Waals surface area contributed by atoms with E-state index >= 15 is 0 Å². The van der Waals surface area contributed by atoms with Crippen molar-refractivity contribution in [2.45, 2.75) is 11.8 Å². The monoisotopic (exact) mass is 389 g/mol. The Kier molecular flexibility index (Phi) is 6.63. The number of primary amides is 1. The number of hydrogen-bond donors (Lipinski definition) is 4. The molecule has 0 heterocycles. The van der Waals surface area contributed by atoms with Crippen LogP contribution in [0.2, 0.25) is 0 Å². The van der Waals surface area contributed by atoms with Crippen LogP contribution in [0.1, 0.15) is 12.5 Å². The van der Waals surface area contributed by atoms with Crippen LogP contribution in [-0.4, -0.2) is 32.6 Å². The summed E-state index contributed by atoms with van der Waals surface area (Å²) in [6, 6.07) is 13.6. The van der Waals surface area contributed by atoms with Crippen LogP contribution in [0.5, 0.6) is 0 Å². The number of carbonyl (C=O) groups excluding carboxylic acids is 2. The maximum atomic E-state index is 12.5. The van der Waals surface area contributed by atoms with Gasteiger partial charge in [-0.2, -0.15) is 5.10 Å². The molecule has 0 bridgehead atoms. The van der Waals surface area contributed by atoms with Gasteiger partial charge in [0.25, 0.3) is 0 Å². The van der Waals surface area contributed by atoms with Crippen molar-refractivity contribution in [3.63, 3.8) is 0 Å². The number of hydrazone groups is 1. The molecule has 0 unspecified atom stereocenters. The van der Waals surface area contributed by atoms with E-state index in [2.05, 4.69) is 20.6 Å². The first-order valence-electron chi connectivity index (χ1n) is 7.82. The van der Waals surface area contributed by atoms with Gasteiger partial charge >= 0.3 is 6.03 Å². The molecule has 27 heavy (non-hydrogen) atoms. The van der Waals surface area contributed by atoms with E-state index in [4.69, 9.17) is 5.73 Å². The van der Waals surface area contributed by atoms with Gasteiger partial charge in [0.1, 0.15) is 0 Å². The minimum atomic E-state index is -3.83. The number of nitrogens with zero attached hydrogens (tertiary/aromatic N) is 1. The lowest BCUT2D eigenvalue weighted by molar-refractivity contribution is -0.114. The van der Waals surface area contributed by atoms with Crippen molar-refractivity contribution in [2.75, 3.05) is 11.9 Å². The molecule has 0 aliphatic heterocycles. The number of sulfonamides is 1. The zero-order valence-corrected chi connectivity index (χ0v) is 15.3. The zero-order chi connectivity index (χ0) is 19.9. The van der Waals surface area contributed by atoms with Crippen LogP contribution in [0.25, 0.3) is 0 Å². The first-order chi connectivity index (χ1) is 12.8. The van der Waals surface area contributed by atoms with Gasteiger partial charge in [-0.25, -0.2) is 23.4 Å². The Labute approximate surface area is 156 Å². The molecule has 2 aromatic carbocycles.